The van der Waals surface area contributed by atoms with E-state index in [0.29, 0.717) is 26.0 Å². The molecule has 5 atom stereocenters. The molecule has 1 aromatic heterocycles. The number of nitrogens with zero attached hydrogens (tertiary/aromatic N) is 2. The topological polar surface area (TPSA) is 146 Å². The fourth-order valence-corrected chi connectivity index (χ4v) is 7.83. The Bertz CT molecular complexity index is 1770. The number of nitrogens with one attached hydrogen (secondary N) is 1. The van der Waals surface area contributed by atoms with E-state index in [4.69, 9.17) is 23.1 Å². The SMILES string of the molecule is COc1ccc(COC[C@H](C)[C@H]2OC(=O)[C@H]3CCCN3C(=O)c3nc(oc3C)CC(=O)CC(O[Si](C)(C)C(C)(C)C)/C=C(C)/C=C/CNC(=O)/C=C/[C@H]2C)cc1. The van der Waals surface area contributed by atoms with E-state index >= 15 is 0 Å². The lowest BCUT2D eigenvalue weighted by Crippen LogP contribution is -2.44. The number of aryl methyl sites for hydroxylation is 1. The Morgan fingerprint density at radius 1 is 1.07 bits per heavy atom. The molecule has 1 aromatic carbocycles. The van der Waals surface area contributed by atoms with Gasteiger partial charge in [0.1, 0.15) is 29.4 Å². The molecule has 0 spiro atoms. The van der Waals surface area contributed by atoms with Gasteiger partial charge < -0.3 is 33.3 Å². The van der Waals surface area contributed by atoms with Crippen LogP contribution in [0.1, 0.15) is 88.5 Å². The van der Waals surface area contributed by atoms with Gasteiger partial charge in [0.25, 0.3) is 5.91 Å². The molecule has 1 fully saturated rings. The molecule has 0 aliphatic carbocycles. The number of amides is 2. The Morgan fingerprint density at radius 2 is 1.79 bits per heavy atom. The number of hydrogen-bond acceptors (Lipinski definition) is 10. The number of aromatic nitrogens is 1. The lowest BCUT2D eigenvalue weighted by molar-refractivity contribution is -0.159. The van der Waals surface area contributed by atoms with Crippen LogP contribution in [0.5, 0.6) is 5.75 Å². The minimum absolute atomic E-state index is 0.0695. The molecule has 2 aliphatic rings. The molecule has 0 radical (unpaired) electrons. The third-order valence-electron chi connectivity index (χ3n) is 10.8. The standard InChI is InChI=1S/C43H61N3O9Si/c1-28-13-11-21-44-37(48)20-15-29(2)40(30(3)26-52-27-32-16-18-34(51-8)19-17-32)54-42(50)36-14-12-22-46(36)41(49)39-31(4)53-38(45-39)25-33(47)24-35(23-28)55-56(9,10)43(5,6)7/h11,13,15-20,23,29-30,35-36,40H,12,14,21-22,24-27H2,1-10H3,(H,44,48)/b13-11+,20-15+,28-23+/t29-,30+,35?,36-,40+/m1/s1. The van der Waals surface area contributed by atoms with Gasteiger partial charge >= 0.3 is 5.97 Å². The van der Waals surface area contributed by atoms with Crippen molar-refractivity contribution >= 4 is 31.9 Å². The largest absolute Gasteiger partial charge is 0.497 e. The van der Waals surface area contributed by atoms with Crippen molar-refractivity contribution in [2.45, 2.75) is 117 Å². The van der Waals surface area contributed by atoms with Gasteiger partial charge in [-0.3, -0.25) is 14.4 Å². The maximum Gasteiger partial charge on any atom is 0.329 e. The van der Waals surface area contributed by atoms with E-state index in [2.05, 4.69) is 44.2 Å². The van der Waals surface area contributed by atoms with E-state index in [1.165, 1.54) is 11.0 Å². The second kappa shape index (κ2) is 19.7. The number of benzene rings is 1. The number of esters is 1. The zero-order chi connectivity index (χ0) is 41.2. The van der Waals surface area contributed by atoms with E-state index in [0.717, 1.165) is 16.9 Å². The van der Waals surface area contributed by atoms with E-state index < -0.39 is 38.4 Å². The van der Waals surface area contributed by atoms with Gasteiger partial charge in [-0.1, -0.05) is 76.6 Å². The summed E-state index contributed by atoms with van der Waals surface area (Å²) in [5, 5.41) is 2.79. The first-order chi connectivity index (χ1) is 26.4. The highest BCUT2D eigenvalue weighted by Gasteiger charge is 2.41. The molecule has 1 unspecified atom stereocenters. The van der Waals surface area contributed by atoms with Crippen LogP contribution >= 0.6 is 0 Å². The lowest BCUT2D eigenvalue weighted by atomic mass is 9.93. The van der Waals surface area contributed by atoms with Crippen molar-refractivity contribution in [1.29, 1.82) is 0 Å². The highest BCUT2D eigenvalue weighted by molar-refractivity contribution is 6.74. The Morgan fingerprint density at radius 3 is 2.46 bits per heavy atom. The zero-order valence-electron chi connectivity index (χ0n) is 34.8. The molecule has 2 amide bonds. The van der Waals surface area contributed by atoms with Gasteiger partial charge in [-0.25, -0.2) is 9.78 Å². The molecule has 2 aliphatic heterocycles. The predicted octanol–water partition coefficient (Wildman–Crippen LogP) is 7.08. The monoisotopic (exact) mass is 791 g/mol. The van der Waals surface area contributed by atoms with Crippen LogP contribution in [-0.2, 0) is 41.3 Å². The number of fused-ring (bicyclic) bond motifs is 3. The van der Waals surface area contributed by atoms with Crippen LogP contribution in [0.15, 0.2) is 64.6 Å². The summed E-state index contributed by atoms with van der Waals surface area (Å²) in [6, 6.07) is 6.75. The van der Waals surface area contributed by atoms with Crippen molar-refractivity contribution in [3.8, 4) is 5.75 Å². The van der Waals surface area contributed by atoms with Gasteiger partial charge in [0.15, 0.2) is 14.0 Å². The van der Waals surface area contributed by atoms with E-state index in [1.807, 2.05) is 63.3 Å². The molecule has 306 valence electrons. The quantitative estimate of drug-likeness (QED) is 0.218. The summed E-state index contributed by atoms with van der Waals surface area (Å²) in [5.41, 5.74) is 1.92. The first-order valence-electron chi connectivity index (χ1n) is 19.6. The first kappa shape index (κ1) is 44.4. The Kier molecular flexibility index (Phi) is 15.6. The number of methoxy groups -OCH3 is 1. The van der Waals surface area contributed by atoms with Gasteiger partial charge in [-0.2, -0.15) is 0 Å². The normalized spacial score (nSPS) is 25.0. The molecule has 3 heterocycles. The number of rotatable bonds is 8. The van der Waals surface area contributed by atoms with Gasteiger partial charge in [-0.05, 0) is 68.6 Å². The van der Waals surface area contributed by atoms with Crippen molar-refractivity contribution in [1.82, 2.24) is 15.2 Å². The molecule has 56 heavy (non-hydrogen) atoms. The molecule has 2 aromatic rings. The van der Waals surface area contributed by atoms with Gasteiger partial charge in [-0.15, -0.1) is 0 Å². The summed E-state index contributed by atoms with van der Waals surface area (Å²) in [7, 11) is -0.657. The van der Waals surface area contributed by atoms with E-state index in [-0.39, 0.29) is 71.9 Å². The minimum Gasteiger partial charge on any atom is -0.497 e. The minimum atomic E-state index is -2.27. The lowest BCUT2D eigenvalue weighted by Gasteiger charge is -2.38. The first-order valence-corrected chi connectivity index (χ1v) is 22.5. The van der Waals surface area contributed by atoms with Crippen LogP contribution in [0.3, 0.4) is 0 Å². The summed E-state index contributed by atoms with van der Waals surface area (Å²) >= 11 is 0. The van der Waals surface area contributed by atoms with Crippen molar-refractivity contribution in [2.75, 3.05) is 26.8 Å². The smallest absolute Gasteiger partial charge is 0.329 e. The van der Waals surface area contributed by atoms with Gasteiger partial charge in [0.05, 0.1) is 32.8 Å². The average Bonchev–Trinajstić information content (AvgIpc) is 3.77. The van der Waals surface area contributed by atoms with Crippen LogP contribution in [0.4, 0.5) is 0 Å². The second-order valence-electron chi connectivity index (χ2n) is 16.5. The number of hydrogen-bond donors (Lipinski definition) is 1. The number of allylic oxidation sites excluding steroid dienone is 2. The summed E-state index contributed by atoms with van der Waals surface area (Å²) in [6.45, 7) is 19.4. The Labute approximate surface area is 333 Å². The number of Topliss-reactive ketones (excluding diaryl/α,β-unsaturated/α-hetero) is 1. The fraction of sp³-hybridized carbons (Fsp3) is 0.558. The molecule has 2 bridgehead atoms. The third kappa shape index (κ3) is 12.3. The van der Waals surface area contributed by atoms with Crippen LogP contribution in [0, 0.1) is 18.8 Å². The van der Waals surface area contributed by atoms with Crippen LogP contribution in [-0.4, -0.2) is 86.8 Å². The highest BCUT2D eigenvalue weighted by Crippen LogP contribution is 2.38. The molecule has 1 N–H and O–H groups in total. The zero-order valence-corrected chi connectivity index (χ0v) is 35.8. The summed E-state index contributed by atoms with van der Waals surface area (Å²) in [5.74, 6) is -0.905. The van der Waals surface area contributed by atoms with Crippen LogP contribution < -0.4 is 10.1 Å². The van der Waals surface area contributed by atoms with Gasteiger partial charge in [0.2, 0.25) is 11.8 Å². The van der Waals surface area contributed by atoms with Crippen molar-refractivity contribution < 1.29 is 42.2 Å². The third-order valence-corrected chi connectivity index (χ3v) is 15.3. The Balaban J connectivity index is 1.61. The number of ether oxygens (including phenoxy) is 3. The van der Waals surface area contributed by atoms with Crippen molar-refractivity contribution in [2.24, 2.45) is 11.8 Å². The van der Waals surface area contributed by atoms with Crippen LogP contribution in [0.2, 0.25) is 18.1 Å². The molecule has 4 rings (SSSR count). The average molecular weight is 792 g/mol. The van der Waals surface area contributed by atoms with Crippen LogP contribution in [0.25, 0.3) is 0 Å². The number of ketones is 1. The summed E-state index contributed by atoms with van der Waals surface area (Å²) in [6.07, 6.45) is 8.70. The maximum absolute atomic E-state index is 13.9. The molecule has 12 nitrogen and oxygen atoms in total. The number of carbonyl (C=O) groups excluding carboxylic acids is 4. The van der Waals surface area contributed by atoms with E-state index in [9.17, 15) is 19.2 Å². The second-order valence-corrected chi connectivity index (χ2v) is 21.3. The molecular weight excluding hydrogens is 731 g/mol. The number of carbonyl (C=O) groups is 4. The van der Waals surface area contributed by atoms with Crippen molar-refractivity contribution in [3.05, 3.63) is 83.1 Å². The molecule has 1 saturated heterocycles. The summed E-state index contributed by atoms with van der Waals surface area (Å²) in [4.78, 5) is 60.3. The molecule has 0 saturated carbocycles. The Hall–Kier alpha value is -4.33. The fourth-order valence-electron chi connectivity index (χ4n) is 6.57. The van der Waals surface area contributed by atoms with Gasteiger partial charge in [0, 0.05) is 31.3 Å². The number of cyclic esters (lactones) is 1. The molecule has 13 heteroatoms. The molecular formula is C43H61N3O9Si. The number of oxazole rings is 1. The van der Waals surface area contributed by atoms with Crippen molar-refractivity contribution in [3.63, 3.8) is 0 Å². The van der Waals surface area contributed by atoms with E-state index in [1.54, 1.807) is 20.1 Å². The maximum atomic E-state index is 13.9. The predicted molar refractivity (Wildman–Crippen MR) is 217 cm³/mol. The highest BCUT2D eigenvalue weighted by atomic mass is 28.4. The summed E-state index contributed by atoms with van der Waals surface area (Å²) < 4.78 is 30.1.